The van der Waals surface area contributed by atoms with Gasteiger partial charge in [-0.1, -0.05) is 0 Å². The highest BCUT2D eigenvalue weighted by atomic mass is 35.5. The predicted molar refractivity (Wildman–Crippen MR) is 85.4 cm³/mol. The van der Waals surface area contributed by atoms with Crippen molar-refractivity contribution in [1.29, 1.82) is 0 Å². The molecule has 0 spiro atoms. The van der Waals surface area contributed by atoms with Crippen molar-refractivity contribution < 1.29 is 8.42 Å². The van der Waals surface area contributed by atoms with Crippen LogP contribution >= 0.6 is 11.6 Å². The van der Waals surface area contributed by atoms with Crippen molar-refractivity contribution in [3.63, 3.8) is 0 Å². The molecule has 0 aromatic carbocycles. The Kier molecular flexibility index (Phi) is 5.11. The van der Waals surface area contributed by atoms with E-state index in [2.05, 4.69) is 9.88 Å². The Morgan fingerprint density at radius 2 is 1.95 bits per heavy atom. The van der Waals surface area contributed by atoms with Crippen LogP contribution in [-0.4, -0.2) is 50.3 Å². The molecule has 0 radical (unpaired) electrons. The van der Waals surface area contributed by atoms with Gasteiger partial charge in [-0.2, -0.15) is 0 Å². The molecule has 0 bridgehead atoms. The van der Waals surface area contributed by atoms with Crippen molar-refractivity contribution in [1.82, 2.24) is 9.29 Å². The van der Waals surface area contributed by atoms with Crippen LogP contribution in [0.5, 0.6) is 0 Å². The quantitative estimate of drug-likeness (QED) is 0.793. The van der Waals surface area contributed by atoms with Gasteiger partial charge in [-0.25, -0.2) is 17.7 Å². The van der Waals surface area contributed by atoms with E-state index in [0.717, 1.165) is 31.7 Å². The average Bonchev–Trinajstić information content (AvgIpc) is 2.47. The first-order chi connectivity index (χ1) is 9.82. The number of hydrogen-bond donors (Lipinski definition) is 0. The lowest BCUT2D eigenvalue weighted by molar-refractivity contribution is 0.398. The summed E-state index contributed by atoms with van der Waals surface area (Å²) in [6, 6.07) is 3.40. The first kappa shape index (κ1) is 16.5. The number of piperidine rings is 1. The summed E-state index contributed by atoms with van der Waals surface area (Å²) in [7, 11) is -0.379. The van der Waals surface area contributed by atoms with Gasteiger partial charge in [-0.3, -0.25) is 0 Å². The van der Waals surface area contributed by atoms with Crippen molar-refractivity contribution in [2.24, 2.45) is 5.92 Å². The summed E-state index contributed by atoms with van der Waals surface area (Å²) in [6.45, 7) is 3.87. The third kappa shape index (κ3) is 3.67. The van der Waals surface area contributed by atoms with E-state index >= 15 is 0 Å². The van der Waals surface area contributed by atoms with Crippen molar-refractivity contribution >= 4 is 27.4 Å². The summed E-state index contributed by atoms with van der Waals surface area (Å²) in [5, 5.41) is 0.202. The Morgan fingerprint density at radius 1 is 1.33 bits per heavy atom. The Hall–Kier alpha value is -0.850. The zero-order chi connectivity index (χ0) is 15.6. The number of rotatable bonds is 4. The first-order valence-electron chi connectivity index (χ1n) is 7.10. The lowest BCUT2D eigenvalue weighted by Gasteiger charge is -2.33. The van der Waals surface area contributed by atoms with Crippen LogP contribution in [0, 0.1) is 5.92 Å². The van der Waals surface area contributed by atoms with Crippen LogP contribution in [0.3, 0.4) is 0 Å². The van der Waals surface area contributed by atoms with E-state index in [1.165, 1.54) is 24.6 Å². The van der Waals surface area contributed by atoms with Crippen molar-refractivity contribution in [3.05, 3.63) is 18.3 Å². The van der Waals surface area contributed by atoms with Crippen molar-refractivity contribution in [2.75, 3.05) is 32.1 Å². The molecule has 2 rings (SSSR count). The lowest BCUT2D eigenvalue weighted by atomic mass is 9.94. The second-order valence-electron chi connectivity index (χ2n) is 5.64. The van der Waals surface area contributed by atoms with Crippen LogP contribution in [-0.2, 0) is 10.0 Å². The Labute approximate surface area is 132 Å². The van der Waals surface area contributed by atoms with Gasteiger partial charge in [-0.05, 0) is 37.8 Å². The molecule has 5 nitrogen and oxygen atoms in total. The molecule has 1 aliphatic heterocycles. The molecule has 1 atom stereocenters. The van der Waals surface area contributed by atoms with Crippen molar-refractivity contribution in [3.8, 4) is 0 Å². The second-order valence-corrected chi connectivity index (χ2v) is 8.48. The molecule has 1 aliphatic rings. The number of nitrogens with zero attached hydrogens (tertiary/aromatic N) is 3. The SMILES string of the molecule is CC(Cl)C1CCN(c2ccc(S(=O)(=O)N(C)C)cn2)CC1. The number of halogens is 1. The van der Waals surface area contributed by atoms with Gasteiger partial charge in [0.15, 0.2) is 0 Å². The molecule has 1 saturated heterocycles. The van der Waals surface area contributed by atoms with Crippen LogP contribution in [0.25, 0.3) is 0 Å². The first-order valence-corrected chi connectivity index (χ1v) is 8.97. The van der Waals surface area contributed by atoms with E-state index in [9.17, 15) is 8.42 Å². The number of alkyl halides is 1. The van der Waals surface area contributed by atoms with E-state index in [0.29, 0.717) is 5.92 Å². The molecule has 118 valence electrons. The molecule has 0 N–H and O–H groups in total. The second kappa shape index (κ2) is 6.50. The van der Waals surface area contributed by atoms with Crippen LogP contribution in [0.1, 0.15) is 19.8 Å². The minimum absolute atomic E-state index is 0.202. The van der Waals surface area contributed by atoms with E-state index in [4.69, 9.17) is 11.6 Å². The lowest BCUT2D eigenvalue weighted by Crippen LogP contribution is -2.36. The summed E-state index contributed by atoms with van der Waals surface area (Å²) in [5.74, 6) is 1.38. The maximum absolute atomic E-state index is 12.0. The number of pyridine rings is 1. The van der Waals surface area contributed by atoms with Gasteiger partial charge in [0.1, 0.15) is 10.7 Å². The van der Waals surface area contributed by atoms with E-state index in [1.807, 2.05) is 6.92 Å². The molecule has 1 fully saturated rings. The summed E-state index contributed by atoms with van der Waals surface area (Å²) >= 11 is 6.15. The molecule has 1 unspecified atom stereocenters. The topological polar surface area (TPSA) is 53.5 Å². The molecule has 2 heterocycles. The molecule has 0 amide bonds. The monoisotopic (exact) mass is 331 g/mol. The smallest absolute Gasteiger partial charge is 0.244 e. The van der Waals surface area contributed by atoms with Crippen LogP contribution in [0.2, 0.25) is 0 Å². The predicted octanol–water partition coefficient (Wildman–Crippen LogP) is 2.18. The van der Waals surface area contributed by atoms with E-state index in [-0.39, 0.29) is 10.3 Å². The molecule has 0 aliphatic carbocycles. The van der Waals surface area contributed by atoms with Crippen LogP contribution in [0.15, 0.2) is 23.2 Å². The fraction of sp³-hybridized carbons (Fsp3) is 0.643. The van der Waals surface area contributed by atoms with Gasteiger partial charge in [0.2, 0.25) is 10.0 Å². The standard InChI is InChI=1S/C14H22ClN3O2S/c1-11(15)12-6-8-18(9-7-12)14-5-4-13(10-16-14)21(19,20)17(2)3/h4-5,10-12H,6-9H2,1-3H3. The fourth-order valence-electron chi connectivity index (χ4n) is 2.51. The largest absolute Gasteiger partial charge is 0.357 e. The third-order valence-corrected chi connectivity index (χ3v) is 6.17. The minimum Gasteiger partial charge on any atom is -0.357 e. The summed E-state index contributed by atoms with van der Waals surface area (Å²) in [5.41, 5.74) is 0. The maximum atomic E-state index is 12.0. The average molecular weight is 332 g/mol. The highest BCUT2D eigenvalue weighted by Crippen LogP contribution is 2.26. The number of sulfonamides is 1. The van der Waals surface area contributed by atoms with Gasteiger partial charge in [0, 0.05) is 38.8 Å². The number of aromatic nitrogens is 1. The van der Waals surface area contributed by atoms with Gasteiger partial charge in [0.05, 0.1) is 0 Å². The van der Waals surface area contributed by atoms with Gasteiger partial charge < -0.3 is 4.90 Å². The minimum atomic E-state index is -3.41. The Bertz CT molecular complexity index is 564. The summed E-state index contributed by atoms with van der Waals surface area (Å²) in [6.07, 6.45) is 3.52. The maximum Gasteiger partial charge on any atom is 0.244 e. The molecule has 0 saturated carbocycles. The van der Waals surface area contributed by atoms with Gasteiger partial charge in [-0.15, -0.1) is 11.6 Å². The highest BCUT2D eigenvalue weighted by molar-refractivity contribution is 7.89. The molecular weight excluding hydrogens is 310 g/mol. The normalized spacial score (nSPS) is 19.0. The highest BCUT2D eigenvalue weighted by Gasteiger charge is 2.24. The molecule has 7 heteroatoms. The van der Waals surface area contributed by atoms with Crippen LogP contribution in [0.4, 0.5) is 5.82 Å². The zero-order valence-corrected chi connectivity index (χ0v) is 14.2. The Morgan fingerprint density at radius 3 is 2.38 bits per heavy atom. The molecule has 1 aromatic rings. The summed E-state index contributed by atoms with van der Waals surface area (Å²) < 4.78 is 25.2. The van der Waals surface area contributed by atoms with Crippen molar-refractivity contribution in [2.45, 2.75) is 30.0 Å². The van der Waals surface area contributed by atoms with Gasteiger partial charge in [0.25, 0.3) is 0 Å². The van der Waals surface area contributed by atoms with E-state index in [1.54, 1.807) is 12.1 Å². The Balaban J connectivity index is 2.07. The summed E-state index contributed by atoms with van der Waals surface area (Å²) in [4.78, 5) is 6.71. The number of hydrogen-bond acceptors (Lipinski definition) is 4. The third-order valence-electron chi connectivity index (χ3n) is 4.01. The molecule has 21 heavy (non-hydrogen) atoms. The number of anilines is 1. The van der Waals surface area contributed by atoms with Crippen LogP contribution < -0.4 is 4.90 Å². The molecule has 1 aromatic heterocycles. The fourth-order valence-corrected chi connectivity index (χ4v) is 3.61. The molecular formula is C14H22ClN3O2S. The van der Waals surface area contributed by atoms with E-state index < -0.39 is 10.0 Å². The van der Waals surface area contributed by atoms with Gasteiger partial charge >= 0.3 is 0 Å². The zero-order valence-electron chi connectivity index (χ0n) is 12.7.